The van der Waals surface area contributed by atoms with E-state index in [0.29, 0.717) is 6.54 Å². The topological polar surface area (TPSA) is 52.0 Å². The van der Waals surface area contributed by atoms with E-state index in [9.17, 15) is 0 Å². The van der Waals surface area contributed by atoms with Crippen molar-refractivity contribution in [1.82, 2.24) is 0 Å². The maximum Gasteiger partial charge on any atom is 0.0320 e. The second-order valence-electron chi connectivity index (χ2n) is 4.64. The minimum Gasteiger partial charge on any atom is -0.399 e. The zero-order valence-electron chi connectivity index (χ0n) is 10.2. The summed E-state index contributed by atoms with van der Waals surface area (Å²) in [4.78, 5) is 0. The van der Waals surface area contributed by atoms with Gasteiger partial charge in [-0.2, -0.15) is 0 Å². The molecule has 3 rings (SSSR count). The van der Waals surface area contributed by atoms with E-state index in [1.807, 2.05) is 12.1 Å². The van der Waals surface area contributed by atoms with Gasteiger partial charge in [0.05, 0.1) is 0 Å². The highest BCUT2D eigenvalue weighted by atomic mass is 14.5. The van der Waals surface area contributed by atoms with Gasteiger partial charge in [0.1, 0.15) is 0 Å². The Bertz CT molecular complexity index is 717. The molecule has 0 atom stereocenters. The smallest absolute Gasteiger partial charge is 0.0320 e. The molecule has 0 bridgehead atoms. The van der Waals surface area contributed by atoms with Gasteiger partial charge in [0, 0.05) is 5.69 Å². The third kappa shape index (κ3) is 1.81. The van der Waals surface area contributed by atoms with Gasteiger partial charge in [-0.25, -0.2) is 0 Å². The van der Waals surface area contributed by atoms with Crippen molar-refractivity contribution in [3.05, 3.63) is 54.1 Å². The zero-order valence-corrected chi connectivity index (χ0v) is 10.2. The molecule has 0 aliphatic carbocycles. The summed E-state index contributed by atoms with van der Waals surface area (Å²) in [5, 5.41) is 4.94. The van der Waals surface area contributed by atoms with Gasteiger partial charge in [-0.1, -0.05) is 36.4 Å². The Hall–Kier alpha value is -2.06. The fourth-order valence-corrected chi connectivity index (χ4v) is 2.44. The van der Waals surface area contributed by atoms with Crippen molar-refractivity contribution in [2.45, 2.75) is 6.42 Å². The molecule has 18 heavy (non-hydrogen) atoms. The Balaban J connectivity index is 2.35. The number of nitrogen functional groups attached to an aromatic ring is 1. The Morgan fingerprint density at radius 2 is 1.39 bits per heavy atom. The predicted molar refractivity (Wildman–Crippen MR) is 78.6 cm³/mol. The normalized spacial score (nSPS) is 11.2. The molecule has 2 nitrogen and oxygen atoms in total. The average Bonchev–Trinajstić information content (AvgIpc) is 2.39. The van der Waals surface area contributed by atoms with Gasteiger partial charge in [-0.05, 0) is 52.2 Å². The second kappa shape index (κ2) is 4.31. The molecular formula is C16H16N2. The van der Waals surface area contributed by atoms with E-state index in [1.54, 1.807) is 0 Å². The molecule has 3 aromatic carbocycles. The lowest BCUT2D eigenvalue weighted by molar-refractivity contribution is 0.971. The van der Waals surface area contributed by atoms with Crippen molar-refractivity contribution >= 4 is 27.2 Å². The lowest BCUT2D eigenvalue weighted by atomic mass is 9.99. The van der Waals surface area contributed by atoms with E-state index in [1.165, 1.54) is 27.1 Å². The Kier molecular flexibility index (Phi) is 2.65. The number of nitrogens with two attached hydrogens (primary N) is 2. The number of benzene rings is 3. The largest absolute Gasteiger partial charge is 0.399 e. The third-order valence-electron chi connectivity index (χ3n) is 3.36. The first kappa shape index (κ1) is 11.1. The van der Waals surface area contributed by atoms with Gasteiger partial charge < -0.3 is 11.5 Å². The lowest BCUT2D eigenvalue weighted by Gasteiger charge is -2.07. The summed E-state index contributed by atoms with van der Waals surface area (Å²) in [6, 6.07) is 16.9. The number of fused-ring (bicyclic) bond motifs is 3. The van der Waals surface area contributed by atoms with Crippen molar-refractivity contribution < 1.29 is 0 Å². The highest BCUT2D eigenvalue weighted by Gasteiger charge is 2.02. The zero-order chi connectivity index (χ0) is 12.5. The third-order valence-corrected chi connectivity index (χ3v) is 3.36. The summed E-state index contributed by atoms with van der Waals surface area (Å²) in [7, 11) is 0. The SMILES string of the molecule is NCCc1ccc2ccc3ccc(N)cc3c2c1. The number of anilines is 1. The van der Waals surface area contributed by atoms with E-state index in [2.05, 4.69) is 36.4 Å². The van der Waals surface area contributed by atoms with Crippen LogP contribution >= 0.6 is 0 Å². The monoisotopic (exact) mass is 236 g/mol. The molecule has 0 radical (unpaired) electrons. The Morgan fingerprint density at radius 1 is 0.778 bits per heavy atom. The quantitative estimate of drug-likeness (QED) is 0.530. The van der Waals surface area contributed by atoms with E-state index in [-0.39, 0.29) is 0 Å². The molecular weight excluding hydrogens is 220 g/mol. The van der Waals surface area contributed by atoms with E-state index in [0.717, 1.165) is 12.1 Å². The molecule has 0 amide bonds. The van der Waals surface area contributed by atoms with Gasteiger partial charge in [-0.3, -0.25) is 0 Å². The Labute approximate surface area is 106 Å². The summed E-state index contributed by atoms with van der Waals surface area (Å²) in [6.07, 6.45) is 0.911. The summed E-state index contributed by atoms with van der Waals surface area (Å²) < 4.78 is 0. The number of rotatable bonds is 2. The van der Waals surface area contributed by atoms with Crippen molar-refractivity contribution in [1.29, 1.82) is 0 Å². The van der Waals surface area contributed by atoms with Crippen LogP contribution in [0.25, 0.3) is 21.5 Å². The molecule has 0 saturated heterocycles. The molecule has 0 aliphatic rings. The van der Waals surface area contributed by atoms with Crippen LogP contribution in [-0.2, 0) is 6.42 Å². The first-order valence-corrected chi connectivity index (χ1v) is 6.19. The number of hydrogen-bond acceptors (Lipinski definition) is 2. The van der Waals surface area contributed by atoms with Crippen molar-refractivity contribution in [2.75, 3.05) is 12.3 Å². The molecule has 0 fully saturated rings. The van der Waals surface area contributed by atoms with Crippen LogP contribution in [0, 0.1) is 0 Å². The summed E-state index contributed by atoms with van der Waals surface area (Å²) in [5.41, 5.74) is 13.6. The second-order valence-corrected chi connectivity index (χ2v) is 4.64. The summed E-state index contributed by atoms with van der Waals surface area (Å²) >= 11 is 0. The van der Waals surface area contributed by atoms with Gasteiger partial charge in [0.15, 0.2) is 0 Å². The van der Waals surface area contributed by atoms with Gasteiger partial charge >= 0.3 is 0 Å². The molecule has 0 unspecified atom stereocenters. The van der Waals surface area contributed by atoms with Crippen LogP contribution in [0.2, 0.25) is 0 Å². The van der Waals surface area contributed by atoms with E-state index < -0.39 is 0 Å². The molecule has 3 aromatic rings. The maximum atomic E-state index is 5.89. The van der Waals surface area contributed by atoms with Crippen LogP contribution in [0.1, 0.15) is 5.56 Å². The van der Waals surface area contributed by atoms with E-state index in [4.69, 9.17) is 11.5 Å². The van der Waals surface area contributed by atoms with Crippen LogP contribution in [0.4, 0.5) is 5.69 Å². The fourth-order valence-electron chi connectivity index (χ4n) is 2.44. The van der Waals surface area contributed by atoms with Crippen LogP contribution in [0.5, 0.6) is 0 Å². The van der Waals surface area contributed by atoms with Crippen LogP contribution in [0.3, 0.4) is 0 Å². The molecule has 0 spiro atoms. The van der Waals surface area contributed by atoms with Crippen molar-refractivity contribution in [2.24, 2.45) is 5.73 Å². The first-order valence-electron chi connectivity index (χ1n) is 6.19. The first-order chi connectivity index (χ1) is 8.78. The predicted octanol–water partition coefficient (Wildman–Crippen LogP) is 3.08. The minimum atomic E-state index is 0.679. The molecule has 2 heteroatoms. The van der Waals surface area contributed by atoms with Crippen molar-refractivity contribution in [3.63, 3.8) is 0 Å². The number of hydrogen-bond donors (Lipinski definition) is 2. The Morgan fingerprint density at radius 3 is 2.11 bits per heavy atom. The molecule has 0 aliphatic heterocycles. The lowest BCUT2D eigenvalue weighted by Crippen LogP contribution is -2.02. The van der Waals surface area contributed by atoms with Crippen molar-refractivity contribution in [3.8, 4) is 0 Å². The molecule has 0 aromatic heterocycles. The molecule has 90 valence electrons. The highest BCUT2D eigenvalue weighted by Crippen LogP contribution is 2.27. The van der Waals surface area contributed by atoms with E-state index >= 15 is 0 Å². The average molecular weight is 236 g/mol. The van der Waals surface area contributed by atoms with Gasteiger partial charge in [-0.15, -0.1) is 0 Å². The maximum absolute atomic E-state index is 5.89. The molecule has 0 heterocycles. The van der Waals surface area contributed by atoms with Crippen LogP contribution in [-0.4, -0.2) is 6.54 Å². The molecule has 4 N–H and O–H groups in total. The highest BCUT2D eigenvalue weighted by molar-refractivity contribution is 6.08. The minimum absolute atomic E-state index is 0.679. The van der Waals surface area contributed by atoms with Crippen LogP contribution < -0.4 is 11.5 Å². The standard InChI is InChI=1S/C16H16N2/c17-8-7-11-1-2-12-3-4-13-5-6-14(18)10-16(13)15(12)9-11/h1-6,9-10H,7-8,17-18H2. The van der Waals surface area contributed by atoms with Gasteiger partial charge in [0.2, 0.25) is 0 Å². The fraction of sp³-hybridized carbons (Fsp3) is 0.125. The summed E-state index contributed by atoms with van der Waals surface area (Å²) in [5.74, 6) is 0. The molecule has 0 saturated carbocycles. The van der Waals surface area contributed by atoms with Gasteiger partial charge in [0.25, 0.3) is 0 Å². The summed E-state index contributed by atoms with van der Waals surface area (Å²) in [6.45, 7) is 0.679. The van der Waals surface area contributed by atoms with Crippen LogP contribution in [0.15, 0.2) is 48.5 Å².